The number of nitrogens with one attached hydrogen (secondary N) is 2. The topological polar surface area (TPSA) is 54.0 Å². The SMILES string of the molecule is CC(C)Nc1ccc(NC(=O)c2ccc(C(F)(F)F)cc2)nc1. The van der Waals surface area contributed by atoms with E-state index in [1.807, 2.05) is 13.8 Å². The summed E-state index contributed by atoms with van der Waals surface area (Å²) in [6, 6.07) is 7.64. The van der Waals surface area contributed by atoms with Crippen LogP contribution in [0.1, 0.15) is 29.8 Å². The van der Waals surface area contributed by atoms with Crippen LogP contribution in [-0.2, 0) is 6.18 Å². The number of hydrogen-bond acceptors (Lipinski definition) is 3. The van der Waals surface area contributed by atoms with Crippen molar-refractivity contribution in [2.75, 3.05) is 10.6 Å². The molecule has 0 aliphatic rings. The number of anilines is 2. The molecule has 0 aliphatic carbocycles. The summed E-state index contributed by atoms with van der Waals surface area (Å²) in [6.45, 7) is 3.97. The van der Waals surface area contributed by atoms with Crippen LogP contribution in [0, 0.1) is 0 Å². The van der Waals surface area contributed by atoms with Gasteiger partial charge in [0.2, 0.25) is 0 Å². The summed E-state index contributed by atoms with van der Waals surface area (Å²) in [4.78, 5) is 16.1. The van der Waals surface area contributed by atoms with Crippen LogP contribution in [0.4, 0.5) is 24.7 Å². The molecule has 0 saturated carbocycles. The molecule has 2 N–H and O–H groups in total. The first kappa shape index (κ1) is 16.8. The Kier molecular flexibility index (Phi) is 4.88. The zero-order valence-electron chi connectivity index (χ0n) is 12.6. The van der Waals surface area contributed by atoms with E-state index in [4.69, 9.17) is 0 Å². The smallest absolute Gasteiger partial charge is 0.382 e. The standard InChI is InChI=1S/C16H16F3N3O/c1-10(2)21-13-7-8-14(20-9-13)22-15(23)11-3-5-12(6-4-11)16(17,18)19/h3-10,21H,1-2H3,(H,20,22,23). The zero-order valence-corrected chi connectivity index (χ0v) is 12.6. The lowest BCUT2D eigenvalue weighted by molar-refractivity contribution is -0.137. The van der Waals surface area contributed by atoms with Gasteiger partial charge in [0, 0.05) is 11.6 Å². The zero-order chi connectivity index (χ0) is 17.0. The summed E-state index contributed by atoms with van der Waals surface area (Å²) in [7, 11) is 0. The van der Waals surface area contributed by atoms with E-state index >= 15 is 0 Å². The minimum Gasteiger partial charge on any atom is -0.382 e. The first-order valence-corrected chi connectivity index (χ1v) is 6.97. The van der Waals surface area contributed by atoms with Gasteiger partial charge < -0.3 is 10.6 Å². The molecule has 0 aliphatic heterocycles. The van der Waals surface area contributed by atoms with E-state index in [9.17, 15) is 18.0 Å². The van der Waals surface area contributed by atoms with E-state index in [-0.39, 0.29) is 11.6 Å². The van der Waals surface area contributed by atoms with Crippen molar-refractivity contribution in [3.8, 4) is 0 Å². The highest BCUT2D eigenvalue weighted by Crippen LogP contribution is 2.29. The van der Waals surface area contributed by atoms with Crippen LogP contribution in [0.2, 0.25) is 0 Å². The number of carbonyl (C=O) groups is 1. The lowest BCUT2D eigenvalue weighted by Crippen LogP contribution is -2.14. The van der Waals surface area contributed by atoms with Crippen LogP contribution in [0.25, 0.3) is 0 Å². The predicted molar refractivity (Wildman–Crippen MR) is 82.4 cm³/mol. The fraction of sp³-hybridized carbons (Fsp3) is 0.250. The van der Waals surface area contributed by atoms with Crippen LogP contribution in [0.15, 0.2) is 42.6 Å². The molecule has 2 aromatic rings. The molecule has 23 heavy (non-hydrogen) atoms. The van der Waals surface area contributed by atoms with E-state index in [0.717, 1.165) is 30.0 Å². The minimum atomic E-state index is -4.42. The Morgan fingerprint density at radius 2 is 1.74 bits per heavy atom. The third-order valence-electron chi connectivity index (χ3n) is 2.93. The highest BCUT2D eigenvalue weighted by molar-refractivity contribution is 6.03. The van der Waals surface area contributed by atoms with Crippen LogP contribution in [0.5, 0.6) is 0 Å². The second kappa shape index (κ2) is 6.68. The highest BCUT2D eigenvalue weighted by Gasteiger charge is 2.30. The van der Waals surface area contributed by atoms with Crippen LogP contribution in [-0.4, -0.2) is 16.9 Å². The number of nitrogens with zero attached hydrogens (tertiary/aromatic N) is 1. The molecule has 0 unspecified atom stereocenters. The van der Waals surface area contributed by atoms with Gasteiger partial charge in [-0.05, 0) is 50.2 Å². The number of carbonyl (C=O) groups excluding carboxylic acids is 1. The van der Waals surface area contributed by atoms with Gasteiger partial charge in [-0.15, -0.1) is 0 Å². The molecule has 4 nitrogen and oxygen atoms in total. The molecule has 0 bridgehead atoms. The van der Waals surface area contributed by atoms with Gasteiger partial charge in [0.1, 0.15) is 5.82 Å². The Hall–Kier alpha value is -2.57. The molecule has 1 amide bonds. The monoisotopic (exact) mass is 323 g/mol. The third-order valence-corrected chi connectivity index (χ3v) is 2.93. The van der Waals surface area contributed by atoms with Crippen molar-refractivity contribution < 1.29 is 18.0 Å². The minimum absolute atomic E-state index is 0.129. The maximum absolute atomic E-state index is 12.5. The maximum Gasteiger partial charge on any atom is 0.416 e. The number of amides is 1. The van der Waals surface area contributed by atoms with Crippen LogP contribution < -0.4 is 10.6 Å². The largest absolute Gasteiger partial charge is 0.416 e. The average molecular weight is 323 g/mol. The molecule has 0 saturated heterocycles. The van der Waals surface area contributed by atoms with Gasteiger partial charge in [0.25, 0.3) is 5.91 Å². The molecule has 122 valence electrons. The Morgan fingerprint density at radius 1 is 1.09 bits per heavy atom. The molecule has 2 rings (SSSR count). The fourth-order valence-electron chi connectivity index (χ4n) is 1.89. The van der Waals surface area contributed by atoms with E-state index in [0.29, 0.717) is 5.82 Å². The van der Waals surface area contributed by atoms with Gasteiger partial charge >= 0.3 is 6.18 Å². The highest BCUT2D eigenvalue weighted by atomic mass is 19.4. The summed E-state index contributed by atoms with van der Waals surface area (Å²) in [5.41, 5.74) is 0.146. The number of benzene rings is 1. The molecule has 0 atom stereocenters. The molecule has 1 aromatic heterocycles. The van der Waals surface area contributed by atoms with Crippen molar-refractivity contribution in [3.63, 3.8) is 0 Å². The Balaban J connectivity index is 2.04. The number of hydrogen-bond donors (Lipinski definition) is 2. The molecular formula is C16H16F3N3O. The second-order valence-electron chi connectivity index (χ2n) is 5.26. The van der Waals surface area contributed by atoms with E-state index in [1.165, 1.54) is 0 Å². The number of aromatic nitrogens is 1. The Morgan fingerprint density at radius 3 is 2.22 bits per heavy atom. The Labute approximate surface area is 131 Å². The number of rotatable bonds is 4. The summed E-state index contributed by atoms with van der Waals surface area (Å²) in [5, 5.41) is 5.69. The van der Waals surface area contributed by atoms with Crippen molar-refractivity contribution in [1.29, 1.82) is 0 Å². The van der Waals surface area contributed by atoms with Gasteiger partial charge in [-0.25, -0.2) is 4.98 Å². The predicted octanol–water partition coefficient (Wildman–Crippen LogP) is 4.17. The fourth-order valence-corrected chi connectivity index (χ4v) is 1.89. The molecule has 1 aromatic carbocycles. The van der Waals surface area contributed by atoms with E-state index in [2.05, 4.69) is 15.6 Å². The number of alkyl halides is 3. The van der Waals surface area contributed by atoms with Gasteiger partial charge in [-0.1, -0.05) is 0 Å². The van der Waals surface area contributed by atoms with Crippen molar-refractivity contribution in [3.05, 3.63) is 53.7 Å². The van der Waals surface area contributed by atoms with Crippen LogP contribution in [0.3, 0.4) is 0 Å². The van der Waals surface area contributed by atoms with Crippen molar-refractivity contribution in [2.45, 2.75) is 26.1 Å². The first-order chi connectivity index (χ1) is 10.8. The quantitative estimate of drug-likeness (QED) is 0.888. The molecule has 1 heterocycles. The van der Waals surface area contributed by atoms with Gasteiger partial charge in [0.15, 0.2) is 0 Å². The van der Waals surface area contributed by atoms with Crippen molar-refractivity contribution >= 4 is 17.4 Å². The summed E-state index contributed by atoms with van der Waals surface area (Å²) < 4.78 is 37.4. The molecule has 0 fully saturated rings. The van der Waals surface area contributed by atoms with Gasteiger partial charge in [-0.3, -0.25) is 4.79 Å². The van der Waals surface area contributed by atoms with Gasteiger partial charge in [-0.2, -0.15) is 13.2 Å². The Bertz CT molecular complexity index is 664. The van der Waals surface area contributed by atoms with Crippen LogP contribution >= 0.6 is 0 Å². The lowest BCUT2D eigenvalue weighted by Gasteiger charge is -2.10. The third kappa shape index (κ3) is 4.70. The second-order valence-corrected chi connectivity index (χ2v) is 5.26. The summed E-state index contributed by atoms with van der Waals surface area (Å²) in [5.74, 6) is -0.194. The molecule has 7 heteroatoms. The van der Waals surface area contributed by atoms with Crippen molar-refractivity contribution in [1.82, 2.24) is 4.98 Å². The summed E-state index contributed by atoms with van der Waals surface area (Å²) >= 11 is 0. The van der Waals surface area contributed by atoms with Gasteiger partial charge in [0.05, 0.1) is 17.4 Å². The van der Waals surface area contributed by atoms with E-state index < -0.39 is 17.6 Å². The average Bonchev–Trinajstić information content (AvgIpc) is 2.48. The lowest BCUT2D eigenvalue weighted by atomic mass is 10.1. The first-order valence-electron chi connectivity index (χ1n) is 6.97. The van der Waals surface area contributed by atoms with Crippen molar-refractivity contribution in [2.24, 2.45) is 0 Å². The summed E-state index contributed by atoms with van der Waals surface area (Å²) in [6.07, 6.45) is -2.85. The normalized spacial score (nSPS) is 11.4. The number of halogens is 3. The molecular weight excluding hydrogens is 307 g/mol. The molecule has 0 radical (unpaired) electrons. The van der Waals surface area contributed by atoms with E-state index in [1.54, 1.807) is 18.3 Å². The molecule has 0 spiro atoms. The maximum atomic E-state index is 12.5. The number of pyridine rings is 1.